The summed E-state index contributed by atoms with van der Waals surface area (Å²) in [4.78, 5) is 11.8. The first-order valence-corrected chi connectivity index (χ1v) is 6.42. The number of thioether (sulfide) groups is 1. The van der Waals surface area contributed by atoms with Crippen molar-refractivity contribution in [2.24, 2.45) is 5.73 Å². The van der Waals surface area contributed by atoms with Crippen molar-refractivity contribution in [3.63, 3.8) is 0 Å². The van der Waals surface area contributed by atoms with Gasteiger partial charge < -0.3 is 15.6 Å². The zero-order valence-corrected chi connectivity index (χ0v) is 11.0. The maximum absolute atomic E-state index is 10.8. The van der Waals surface area contributed by atoms with Crippen LogP contribution in [0.25, 0.3) is 0 Å². The summed E-state index contributed by atoms with van der Waals surface area (Å²) in [6.07, 6.45) is 2.22. The molecule has 0 radical (unpaired) electrons. The van der Waals surface area contributed by atoms with Crippen LogP contribution in [0.3, 0.4) is 0 Å². The Morgan fingerprint density at radius 1 is 1.59 bits per heavy atom. The van der Waals surface area contributed by atoms with Gasteiger partial charge >= 0.3 is 5.97 Å². The van der Waals surface area contributed by atoms with Crippen molar-refractivity contribution in [2.75, 3.05) is 13.4 Å². The van der Waals surface area contributed by atoms with Crippen LogP contribution in [0.4, 0.5) is 0 Å². The second kappa shape index (κ2) is 5.93. The smallest absolute Gasteiger partial charge is 0.320 e. The van der Waals surface area contributed by atoms with Gasteiger partial charge in [-0.2, -0.15) is 0 Å². The van der Waals surface area contributed by atoms with Crippen LogP contribution in [0, 0.1) is 6.92 Å². The largest absolute Gasteiger partial charge is 0.496 e. The van der Waals surface area contributed by atoms with E-state index in [4.69, 9.17) is 15.6 Å². The molecule has 0 heterocycles. The number of aliphatic carboxylic acids is 1. The molecule has 0 aliphatic rings. The number of carbonyl (C=O) groups is 1. The number of nitrogens with two attached hydrogens (primary N) is 1. The van der Waals surface area contributed by atoms with Gasteiger partial charge in [0.1, 0.15) is 11.8 Å². The molecule has 0 aliphatic heterocycles. The van der Waals surface area contributed by atoms with Gasteiger partial charge in [0.15, 0.2) is 0 Å². The molecule has 1 rings (SSSR count). The first-order valence-electron chi connectivity index (χ1n) is 5.20. The zero-order chi connectivity index (χ0) is 13.0. The molecule has 0 bridgehead atoms. The zero-order valence-electron chi connectivity index (χ0n) is 10.2. The Balaban J connectivity index is 3.18. The van der Waals surface area contributed by atoms with Gasteiger partial charge in [-0.05, 0) is 24.8 Å². The average Bonchev–Trinajstić information content (AvgIpc) is 2.29. The van der Waals surface area contributed by atoms with Gasteiger partial charge in [0.05, 0.1) is 7.11 Å². The number of ether oxygens (including phenoxy) is 1. The van der Waals surface area contributed by atoms with Crippen LogP contribution in [0.15, 0.2) is 17.0 Å². The second-order valence-corrected chi connectivity index (χ2v) is 4.59. The fourth-order valence-electron chi connectivity index (χ4n) is 1.70. The molecular formula is C12H17NO3S. The Bertz CT molecular complexity index is 420. The number of carboxylic acid groups (broad SMARTS) is 1. The maximum Gasteiger partial charge on any atom is 0.320 e. The van der Waals surface area contributed by atoms with Gasteiger partial charge in [-0.15, -0.1) is 11.8 Å². The highest BCUT2D eigenvalue weighted by Gasteiger charge is 2.19. The minimum Gasteiger partial charge on any atom is -0.496 e. The van der Waals surface area contributed by atoms with Crippen LogP contribution >= 0.6 is 11.8 Å². The summed E-state index contributed by atoms with van der Waals surface area (Å²) in [5.41, 5.74) is 7.44. The van der Waals surface area contributed by atoms with E-state index in [-0.39, 0.29) is 6.42 Å². The fourth-order valence-corrected chi connectivity index (χ4v) is 2.33. The molecular weight excluding hydrogens is 238 g/mol. The topological polar surface area (TPSA) is 72.5 Å². The molecule has 0 fully saturated rings. The molecule has 1 aromatic rings. The number of benzene rings is 1. The Labute approximate surface area is 105 Å². The lowest BCUT2D eigenvalue weighted by atomic mass is 10.0. The molecule has 1 unspecified atom stereocenters. The van der Waals surface area contributed by atoms with Gasteiger partial charge in [-0.25, -0.2) is 0 Å². The maximum atomic E-state index is 10.8. The summed E-state index contributed by atoms with van der Waals surface area (Å²) in [5, 5.41) is 8.87. The second-order valence-electron chi connectivity index (χ2n) is 3.75. The van der Waals surface area contributed by atoms with Crippen molar-refractivity contribution in [2.45, 2.75) is 24.3 Å². The summed E-state index contributed by atoms with van der Waals surface area (Å²) >= 11 is 1.56. The van der Waals surface area contributed by atoms with E-state index in [2.05, 4.69) is 0 Å². The molecule has 1 aromatic carbocycles. The summed E-state index contributed by atoms with van der Waals surface area (Å²) in [5.74, 6) is -0.269. The van der Waals surface area contributed by atoms with Crippen molar-refractivity contribution < 1.29 is 14.6 Å². The molecule has 17 heavy (non-hydrogen) atoms. The number of carboxylic acids is 1. The summed E-state index contributed by atoms with van der Waals surface area (Å²) in [6.45, 7) is 1.93. The Morgan fingerprint density at radius 2 is 2.24 bits per heavy atom. The quantitative estimate of drug-likeness (QED) is 0.783. The van der Waals surface area contributed by atoms with E-state index in [1.807, 2.05) is 25.3 Å². The summed E-state index contributed by atoms with van der Waals surface area (Å²) < 4.78 is 5.34. The number of aryl methyl sites for hydroxylation is 1. The highest BCUT2D eigenvalue weighted by atomic mass is 32.2. The van der Waals surface area contributed by atoms with Gasteiger partial charge in [0.25, 0.3) is 0 Å². The van der Waals surface area contributed by atoms with Crippen LogP contribution in [-0.2, 0) is 11.2 Å². The number of methoxy groups -OCH3 is 1. The van der Waals surface area contributed by atoms with E-state index >= 15 is 0 Å². The minimum absolute atomic E-state index is 0.274. The molecule has 0 saturated heterocycles. The van der Waals surface area contributed by atoms with Gasteiger partial charge in [0, 0.05) is 16.9 Å². The van der Waals surface area contributed by atoms with E-state index in [9.17, 15) is 4.79 Å². The lowest BCUT2D eigenvalue weighted by Crippen LogP contribution is -2.32. The highest BCUT2D eigenvalue weighted by molar-refractivity contribution is 7.98. The highest BCUT2D eigenvalue weighted by Crippen LogP contribution is 2.32. The van der Waals surface area contributed by atoms with Crippen LogP contribution in [0.5, 0.6) is 5.75 Å². The Morgan fingerprint density at radius 3 is 2.71 bits per heavy atom. The lowest BCUT2D eigenvalue weighted by Gasteiger charge is -2.16. The monoisotopic (exact) mass is 255 g/mol. The van der Waals surface area contributed by atoms with Crippen LogP contribution in [0.2, 0.25) is 0 Å². The number of hydrogen-bond acceptors (Lipinski definition) is 4. The van der Waals surface area contributed by atoms with Crippen LogP contribution in [-0.4, -0.2) is 30.5 Å². The molecule has 0 aromatic heterocycles. The Kier molecular flexibility index (Phi) is 4.84. The van der Waals surface area contributed by atoms with Gasteiger partial charge in [-0.3, -0.25) is 4.79 Å². The van der Waals surface area contributed by atoms with Crippen molar-refractivity contribution in [3.8, 4) is 5.75 Å². The van der Waals surface area contributed by atoms with Gasteiger partial charge in [0.2, 0.25) is 0 Å². The minimum atomic E-state index is -0.999. The predicted octanol–water partition coefficient (Wildman–Crippen LogP) is 1.68. The molecule has 1 atom stereocenters. The standard InChI is InChI=1S/C12H17NO3S/c1-7-4-5-10(17-3)8(11(7)16-2)6-9(13)12(14)15/h4-5,9H,6,13H2,1-3H3,(H,14,15). The third kappa shape index (κ3) is 3.14. The summed E-state index contributed by atoms with van der Waals surface area (Å²) in [7, 11) is 1.59. The average molecular weight is 255 g/mol. The molecule has 5 heteroatoms. The molecule has 0 amide bonds. The molecule has 94 valence electrons. The molecule has 4 nitrogen and oxygen atoms in total. The number of hydrogen-bond donors (Lipinski definition) is 2. The van der Waals surface area contributed by atoms with Crippen molar-refractivity contribution in [1.29, 1.82) is 0 Å². The third-order valence-electron chi connectivity index (χ3n) is 2.58. The van der Waals surface area contributed by atoms with Gasteiger partial charge in [-0.1, -0.05) is 6.07 Å². The van der Waals surface area contributed by atoms with E-state index in [1.54, 1.807) is 18.9 Å². The molecule has 3 N–H and O–H groups in total. The van der Waals surface area contributed by atoms with Crippen LogP contribution < -0.4 is 10.5 Å². The van der Waals surface area contributed by atoms with Crippen molar-refractivity contribution >= 4 is 17.7 Å². The predicted molar refractivity (Wildman–Crippen MR) is 68.8 cm³/mol. The SMILES string of the molecule is COc1c(C)ccc(SC)c1CC(N)C(=O)O. The third-order valence-corrected chi connectivity index (χ3v) is 3.40. The molecule has 0 spiro atoms. The number of rotatable bonds is 5. The Hall–Kier alpha value is -1.20. The molecule has 0 saturated carbocycles. The van der Waals surface area contributed by atoms with E-state index in [0.717, 1.165) is 21.8 Å². The fraction of sp³-hybridized carbons (Fsp3) is 0.417. The van der Waals surface area contributed by atoms with Crippen molar-refractivity contribution in [1.82, 2.24) is 0 Å². The normalized spacial score (nSPS) is 12.2. The van der Waals surface area contributed by atoms with E-state index in [1.165, 1.54) is 0 Å². The van der Waals surface area contributed by atoms with Crippen LogP contribution in [0.1, 0.15) is 11.1 Å². The first-order chi connectivity index (χ1) is 8.01. The van der Waals surface area contributed by atoms with Crippen molar-refractivity contribution in [3.05, 3.63) is 23.3 Å². The first kappa shape index (κ1) is 13.9. The van der Waals surface area contributed by atoms with E-state index < -0.39 is 12.0 Å². The molecule has 0 aliphatic carbocycles. The summed E-state index contributed by atoms with van der Waals surface area (Å²) in [6, 6.07) is 3.02. The van der Waals surface area contributed by atoms with E-state index in [0.29, 0.717) is 0 Å². The lowest BCUT2D eigenvalue weighted by molar-refractivity contribution is -0.138.